The standard InChI is InChI=1S/C16H19N3O2S/c20-22(21,18-11-8-16-7-3-4-10-17-16)19-12-9-14-5-1-2-6-15(14)13-19/h1-7,10,18H,8-9,11-13H2. The second-order valence-corrected chi connectivity index (χ2v) is 7.08. The third kappa shape index (κ3) is 3.52. The maximum absolute atomic E-state index is 12.4. The van der Waals surface area contributed by atoms with Gasteiger partial charge in [-0.25, -0.2) is 4.72 Å². The van der Waals surface area contributed by atoms with E-state index in [9.17, 15) is 8.42 Å². The van der Waals surface area contributed by atoms with E-state index >= 15 is 0 Å². The Morgan fingerprint density at radius 1 is 1.09 bits per heavy atom. The molecular formula is C16H19N3O2S. The minimum atomic E-state index is -3.44. The van der Waals surface area contributed by atoms with Crippen molar-refractivity contribution < 1.29 is 8.42 Å². The molecule has 0 unspecified atom stereocenters. The molecule has 0 bridgehead atoms. The number of nitrogens with zero attached hydrogens (tertiary/aromatic N) is 2. The second kappa shape index (κ2) is 6.56. The Morgan fingerprint density at radius 2 is 1.86 bits per heavy atom. The Bertz CT molecular complexity index is 732. The zero-order valence-corrected chi connectivity index (χ0v) is 13.1. The van der Waals surface area contributed by atoms with Crippen LogP contribution in [0.15, 0.2) is 48.7 Å². The van der Waals surface area contributed by atoms with Crippen LogP contribution in [0.25, 0.3) is 0 Å². The van der Waals surface area contributed by atoms with Gasteiger partial charge in [0.1, 0.15) is 0 Å². The van der Waals surface area contributed by atoms with Crippen molar-refractivity contribution in [3.63, 3.8) is 0 Å². The minimum absolute atomic E-state index is 0.359. The molecule has 0 atom stereocenters. The lowest BCUT2D eigenvalue weighted by Crippen LogP contribution is -2.43. The molecule has 1 N–H and O–H groups in total. The number of fused-ring (bicyclic) bond motifs is 1. The summed E-state index contributed by atoms with van der Waals surface area (Å²) in [4.78, 5) is 4.19. The number of aromatic nitrogens is 1. The van der Waals surface area contributed by atoms with Crippen LogP contribution in [0, 0.1) is 0 Å². The van der Waals surface area contributed by atoms with Crippen molar-refractivity contribution in [1.29, 1.82) is 0 Å². The van der Waals surface area contributed by atoms with Gasteiger partial charge in [-0.1, -0.05) is 30.3 Å². The van der Waals surface area contributed by atoms with Crippen LogP contribution in [0.3, 0.4) is 0 Å². The molecule has 0 amide bonds. The summed E-state index contributed by atoms with van der Waals surface area (Å²) in [6.07, 6.45) is 3.06. The predicted octanol–water partition coefficient (Wildman–Crippen LogP) is 1.52. The first-order valence-electron chi connectivity index (χ1n) is 7.36. The van der Waals surface area contributed by atoms with Crippen molar-refractivity contribution >= 4 is 10.2 Å². The maximum Gasteiger partial charge on any atom is 0.279 e. The molecule has 2 heterocycles. The van der Waals surface area contributed by atoms with Gasteiger partial charge in [-0.3, -0.25) is 4.98 Å². The van der Waals surface area contributed by atoms with Crippen molar-refractivity contribution in [2.24, 2.45) is 0 Å². The summed E-state index contributed by atoms with van der Waals surface area (Å²) in [6.45, 7) is 1.32. The molecule has 0 saturated heterocycles. The molecule has 0 spiro atoms. The molecule has 0 fully saturated rings. The molecule has 0 radical (unpaired) electrons. The molecule has 0 aliphatic carbocycles. The summed E-state index contributed by atoms with van der Waals surface area (Å²) < 4.78 is 28.9. The van der Waals surface area contributed by atoms with Crippen molar-refractivity contribution in [1.82, 2.24) is 14.0 Å². The molecule has 6 heteroatoms. The summed E-state index contributed by atoms with van der Waals surface area (Å²) in [6, 6.07) is 13.6. The van der Waals surface area contributed by atoms with Crippen molar-refractivity contribution in [3.05, 3.63) is 65.5 Å². The van der Waals surface area contributed by atoms with E-state index in [1.54, 1.807) is 6.20 Å². The molecule has 0 saturated carbocycles. The van der Waals surface area contributed by atoms with Crippen LogP contribution in [0.2, 0.25) is 0 Å². The van der Waals surface area contributed by atoms with Gasteiger partial charge in [-0.05, 0) is 29.7 Å². The molecular weight excluding hydrogens is 298 g/mol. The monoisotopic (exact) mass is 317 g/mol. The van der Waals surface area contributed by atoms with Crippen molar-refractivity contribution in [2.75, 3.05) is 13.1 Å². The van der Waals surface area contributed by atoms with Gasteiger partial charge < -0.3 is 0 Å². The van der Waals surface area contributed by atoms with Gasteiger partial charge in [-0.15, -0.1) is 0 Å². The first-order chi connectivity index (χ1) is 10.6. The van der Waals surface area contributed by atoms with Gasteiger partial charge >= 0.3 is 0 Å². The van der Waals surface area contributed by atoms with Crippen LogP contribution >= 0.6 is 0 Å². The maximum atomic E-state index is 12.4. The third-order valence-corrected chi connectivity index (χ3v) is 5.39. The Hall–Kier alpha value is -1.76. The van der Waals surface area contributed by atoms with Crippen LogP contribution in [0.1, 0.15) is 16.8 Å². The highest BCUT2D eigenvalue weighted by atomic mass is 32.2. The van der Waals surface area contributed by atoms with Crippen LogP contribution in [-0.4, -0.2) is 30.8 Å². The van der Waals surface area contributed by atoms with E-state index in [0.717, 1.165) is 17.7 Å². The van der Waals surface area contributed by atoms with Gasteiger partial charge in [0, 0.05) is 37.9 Å². The zero-order chi connectivity index (χ0) is 15.4. The second-order valence-electron chi connectivity index (χ2n) is 5.32. The Balaban J connectivity index is 1.59. The highest BCUT2D eigenvalue weighted by Crippen LogP contribution is 2.20. The fraction of sp³-hybridized carbons (Fsp3) is 0.312. The fourth-order valence-electron chi connectivity index (χ4n) is 2.62. The van der Waals surface area contributed by atoms with E-state index in [1.807, 2.05) is 36.4 Å². The van der Waals surface area contributed by atoms with Gasteiger partial charge in [0.2, 0.25) is 0 Å². The highest BCUT2D eigenvalue weighted by molar-refractivity contribution is 7.87. The zero-order valence-electron chi connectivity index (χ0n) is 12.3. The lowest BCUT2D eigenvalue weighted by molar-refractivity contribution is 0.384. The van der Waals surface area contributed by atoms with E-state index in [-0.39, 0.29) is 0 Å². The van der Waals surface area contributed by atoms with E-state index < -0.39 is 10.2 Å². The largest absolute Gasteiger partial charge is 0.279 e. The number of rotatable bonds is 5. The number of nitrogens with one attached hydrogen (secondary N) is 1. The van der Waals surface area contributed by atoms with Gasteiger partial charge in [-0.2, -0.15) is 12.7 Å². The third-order valence-electron chi connectivity index (χ3n) is 3.83. The summed E-state index contributed by atoms with van der Waals surface area (Å²) in [5.41, 5.74) is 3.21. The molecule has 1 aromatic carbocycles. The lowest BCUT2D eigenvalue weighted by Gasteiger charge is -2.28. The average Bonchev–Trinajstić information content (AvgIpc) is 2.55. The first-order valence-corrected chi connectivity index (χ1v) is 8.80. The molecule has 116 valence electrons. The molecule has 1 aliphatic rings. The lowest BCUT2D eigenvalue weighted by atomic mass is 10.0. The molecule has 5 nitrogen and oxygen atoms in total. The number of pyridine rings is 1. The quantitative estimate of drug-likeness (QED) is 0.909. The average molecular weight is 317 g/mol. The molecule has 22 heavy (non-hydrogen) atoms. The fourth-order valence-corrected chi connectivity index (χ4v) is 3.80. The van der Waals surface area contributed by atoms with Gasteiger partial charge in [0.15, 0.2) is 0 Å². The SMILES string of the molecule is O=S(=O)(NCCc1ccccn1)N1CCc2ccccc2C1. The van der Waals surface area contributed by atoms with Crippen molar-refractivity contribution in [3.8, 4) is 0 Å². The van der Waals surface area contributed by atoms with Crippen molar-refractivity contribution in [2.45, 2.75) is 19.4 Å². The van der Waals surface area contributed by atoms with Crippen LogP contribution in [0.4, 0.5) is 0 Å². The van der Waals surface area contributed by atoms with E-state index in [0.29, 0.717) is 26.1 Å². The highest BCUT2D eigenvalue weighted by Gasteiger charge is 2.25. The smallest absolute Gasteiger partial charge is 0.261 e. The number of benzene rings is 1. The van der Waals surface area contributed by atoms with Gasteiger partial charge in [0.25, 0.3) is 10.2 Å². The molecule has 2 aromatic rings. The number of hydrogen-bond acceptors (Lipinski definition) is 3. The number of hydrogen-bond donors (Lipinski definition) is 1. The van der Waals surface area contributed by atoms with Crippen LogP contribution in [-0.2, 0) is 29.6 Å². The molecule has 1 aromatic heterocycles. The minimum Gasteiger partial charge on any atom is -0.261 e. The van der Waals surface area contributed by atoms with E-state index in [1.165, 1.54) is 9.87 Å². The van der Waals surface area contributed by atoms with E-state index in [4.69, 9.17) is 0 Å². The Labute approximate surface area is 131 Å². The molecule has 1 aliphatic heterocycles. The molecule has 3 rings (SSSR count). The summed E-state index contributed by atoms with van der Waals surface area (Å²) in [7, 11) is -3.44. The summed E-state index contributed by atoms with van der Waals surface area (Å²) in [5, 5.41) is 0. The Morgan fingerprint density at radius 3 is 2.64 bits per heavy atom. The summed E-state index contributed by atoms with van der Waals surface area (Å²) >= 11 is 0. The predicted molar refractivity (Wildman–Crippen MR) is 85.4 cm³/mol. The first kappa shape index (κ1) is 15.1. The van der Waals surface area contributed by atoms with Crippen LogP contribution in [0.5, 0.6) is 0 Å². The normalized spacial score (nSPS) is 15.5. The summed E-state index contributed by atoms with van der Waals surface area (Å²) in [5.74, 6) is 0. The van der Waals surface area contributed by atoms with Gasteiger partial charge in [0.05, 0.1) is 0 Å². The van der Waals surface area contributed by atoms with Crippen LogP contribution < -0.4 is 4.72 Å². The topological polar surface area (TPSA) is 62.3 Å². The Kier molecular flexibility index (Phi) is 4.52. The van der Waals surface area contributed by atoms with E-state index in [2.05, 4.69) is 15.8 Å².